The molecule has 0 saturated carbocycles. The third-order valence-electron chi connectivity index (χ3n) is 7.93. The first-order valence-electron chi connectivity index (χ1n) is 14.5. The van der Waals surface area contributed by atoms with Gasteiger partial charge in [-0.2, -0.15) is 0 Å². The number of esters is 2. The Morgan fingerprint density at radius 2 is 1.52 bits per heavy atom. The number of carbonyl (C=O) groups excluding carboxylic acids is 5. The number of nitrogens with one attached hydrogen (secondary N) is 2. The van der Waals surface area contributed by atoms with Gasteiger partial charge in [0.15, 0.2) is 24.5 Å². The summed E-state index contributed by atoms with van der Waals surface area (Å²) in [4.78, 5) is 75.1. The van der Waals surface area contributed by atoms with Crippen LogP contribution in [0.2, 0.25) is 0 Å². The molecule has 46 heavy (non-hydrogen) atoms. The largest absolute Gasteiger partial charge is 0.480 e. The summed E-state index contributed by atoms with van der Waals surface area (Å²) in [6.45, 7) is 2.34. The highest BCUT2D eigenvalue weighted by Crippen LogP contribution is 2.44. The van der Waals surface area contributed by atoms with Crippen LogP contribution >= 0.6 is 0 Å². The molecule has 6 atom stereocenters. The van der Waals surface area contributed by atoms with E-state index in [0.717, 1.165) is 47.9 Å². The van der Waals surface area contributed by atoms with Gasteiger partial charge in [-0.25, -0.2) is 14.4 Å². The molecular weight excluding hydrogens is 606 g/mol. The molecule has 2 fully saturated rings. The Balaban J connectivity index is 1.31. The van der Waals surface area contributed by atoms with Crippen LogP contribution in [0.3, 0.4) is 0 Å². The molecule has 15 heteroatoms. The highest BCUT2D eigenvalue weighted by Gasteiger charge is 2.59. The number of carboxylic acid groups (broad SMARTS) is 1. The van der Waals surface area contributed by atoms with Crippen molar-refractivity contribution < 1.29 is 57.6 Å². The topological polar surface area (TPSA) is 196 Å². The van der Waals surface area contributed by atoms with Gasteiger partial charge in [0.1, 0.15) is 25.3 Å². The van der Waals surface area contributed by atoms with Gasteiger partial charge in [0.25, 0.3) is 0 Å². The number of fused-ring (bicyclic) bond motifs is 4. The fraction of sp³-hybridized carbons (Fsp3) is 0.419. The highest BCUT2D eigenvalue weighted by atomic mass is 16.6. The van der Waals surface area contributed by atoms with Crippen molar-refractivity contribution in [2.75, 3.05) is 19.8 Å². The molecule has 2 saturated heterocycles. The fourth-order valence-electron chi connectivity index (χ4n) is 6.14. The molecule has 3 amide bonds. The highest BCUT2D eigenvalue weighted by molar-refractivity contribution is 5.81. The van der Waals surface area contributed by atoms with E-state index in [0.29, 0.717) is 0 Å². The van der Waals surface area contributed by atoms with Gasteiger partial charge in [-0.15, -0.1) is 0 Å². The molecule has 0 spiro atoms. The first-order valence-corrected chi connectivity index (χ1v) is 14.5. The van der Waals surface area contributed by atoms with Crippen molar-refractivity contribution in [1.29, 1.82) is 0 Å². The maximum Gasteiger partial charge on any atom is 0.412 e. The van der Waals surface area contributed by atoms with Gasteiger partial charge in [0, 0.05) is 26.7 Å². The molecule has 0 radical (unpaired) electrons. The molecular formula is C31H33N3O12. The Hall–Kier alpha value is -5.18. The smallest absolute Gasteiger partial charge is 0.412 e. The van der Waals surface area contributed by atoms with Crippen LogP contribution in [0.15, 0.2) is 48.5 Å². The number of alkyl carbamates (subject to hydrolysis) is 1. The number of rotatable bonds is 10. The molecule has 2 aliphatic heterocycles. The summed E-state index contributed by atoms with van der Waals surface area (Å²) in [5.41, 5.74) is 3.98. The molecule has 2 aromatic carbocycles. The third-order valence-corrected chi connectivity index (χ3v) is 7.93. The number of ether oxygens (including phenoxy) is 5. The zero-order valence-corrected chi connectivity index (χ0v) is 25.2. The molecule has 0 bridgehead atoms. The summed E-state index contributed by atoms with van der Waals surface area (Å²) in [7, 11) is 0. The summed E-state index contributed by atoms with van der Waals surface area (Å²) in [5, 5.41) is 14.7. The third kappa shape index (κ3) is 6.59. The SMILES string of the molecule is CC(=O)N[C@@H]1[C@@H](OC(C)=O)[C@@H](OC(C)=O)[C@H]2COC(=O)N2[C@@H]1OC[C@H](NC(=O)OCC1c2ccccc2-c2ccccc21)C(=O)O. The van der Waals surface area contributed by atoms with E-state index in [9.17, 15) is 33.9 Å². The number of carbonyl (C=O) groups is 6. The number of nitrogens with zero attached hydrogens (tertiary/aromatic N) is 1. The van der Waals surface area contributed by atoms with Gasteiger partial charge in [-0.1, -0.05) is 48.5 Å². The maximum atomic E-state index is 12.9. The molecule has 15 nitrogen and oxygen atoms in total. The van der Waals surface area contributed by atoms with Crippen LogP contribution in [0.4, 0.5) is 9.59 Å². The second-order valence-corrected chi connectivity index (χ2v) is 11.0. The fourth-order valence-corrected chi connectivity index (χ4v) is 6.14. The second-order valence-electron chi connectivity index (χ2n) is 11.0. The number of amides is 3. The van der Waals surface area contributed by atoms with Crippen LogP contribution < -0.4 is 10.6 Å². The lowest BCUT2D eigenvalue weighted by atomic mass is 9.91. The van der Waals surface area contributed by atoms with Gasteiger partial charge in [0.05, 0.1) is 6.61 Å². The Morgan fingerprint density at radius 1 is 0.935 bits per heavy atom. The van der Waals surface area contributed by atoms with E-state index in [2.05, 4.69) is 10.6 Å². The predicted octanol–water partition coefficient (Wildman–Crippen LogP) is 1.52. The summed E-state index contributed by atoms with van der Waals surface area (Å²) >= 11 is 0. The average Bonchev–Trinajstić information content (AvgIpc) is 3.53. The Morgan fingerprint density at radius 3 is 2.09 bits per heavy atom. The standard InChI is InChI=1S/C31H33N3O12/c1-15(35)32-25-27(46-17(3)37)26(45-16(2)36)24-14-44-31(41)34(24)28(25)42-13-23(29(38)39)33-30(40)43-12-22-20-10-6-4-8-18(20)19-9-5-7-11-21(19)22/h4-11,22-28H,12-14H2,1-3H3,(H,32,35)(H,33,40)(H,38,39)/t23-,24+,25+,26-,27+,28+/m0/s1. The van der Waals surface area contributed by atoms with Crippen molar-refractivity contribution in [2.45, 2.75) is 63.3 Å². The first kappa shape index (κ1) is 32.2. The number of hydrogen-bond donors (Lipinski definition) is 3. The van der Waals surface area contributed by atoms with E-state index >= 15 is 0 Å². The lowest BCUT2D eigenvalue weighted by Crippen LogP contribution is -2.72. The van der Waals surface area contributed by atoms with Crippen molar-refractivity contribution in [3.05, 3.63) is 59.7 Å². The molecule has 2 aromatic rings. The van der Waals surface area contributed by atoms with Gasteiger partial charge in [-0.3, -0.25) is 19.3 Å². The van der Waals surface area contributed by atoms with E-state index in [1.807, 2.05) is 48.5 Å². The Bertz CT molecular complexity index is 1500. The quantitative estimate of drug-likeness (QED) is 0.251. The minimum atomic E-state index is -1.66. The van der Waals surface area contributed by atoms with E-state index in [-0.39, 0.29) is 19.1 Å². The van der Waals surface area contributed by atoms with Crippen LogP contribution in [0.5, 0.6) is 0 Å². The van der Waals surface area contributed by atoms with Crippen molar-refractivity contribution in [2.24, 2.45) is 0 Å². The predicted molar refractivity (Wildman–Crippen MR) is 155 cm³/mol. The number of cyclic esters (lactones) is 1. The summed E-state index contributed by atoms with van der Waals surface area (Å²) in [5.74, 6) is -3.89. The number of aliphatic carboxylic acids is 1. The Labute approximate surface area is 263 Å². The number of carboxylic acids is 1. The average molecular weight is 640 g/mol. The monoisotopic (exact) mass is 639 g/mol. The molecule has 244 valence electrons. The minimum absolute atomic E-state index is 0.0663. The molecule has 0 aromatic heterocycles. The maximum absolute atomic E-state index is 12.9. The van der Waals surface area contributed by atoms with Crippen LogP contribution in [-0.2, 0) is 42.9 Å². The van der Waals surface area contributed by atoms with Gasteiger partial charge < -0.3 is 39.4 Å². The van der Waals surface area contributed by atoms with E-state index in [4.69, 9.17) is 23.7 Å². The van der Waals surface area contributed by atoms with Gasteiger partial charge in [-0.05, 0) is 22.3 Å². The lowest BCUT2D eigenvalue weighted by molar-refractivity contribution is -0.204. The summed E-state index contributed by atoms with van der Waals surface area (Å²) < 4.78 is 27.3. The van der Waals surface area contributed by atoms with Crippen LogP contribution in [-0.4, -0.2) is 102 Å². The van der Waals surface area contributed by atoms with Crippen molar-refractivity contribution >= 4 is 36.0 Å². The molecule has 5 rings (SSSR count). The second kappa shape index (κ2) is 13.4. The van der Waals surface area contributed by atoms with E-state index in [1.54, 1.807) is 0 Å². The van der Waals surface area contributed by atoms with Gasteiger partial charge in [0.2, 0.25) is 5.91 Å². The normalized spacial score (nSPS) is 23.6. The van der Waals surface area contributed by atoms with Crippen LogP contribution in [0.25, 0.3) is 11.1 Å². The lowest BCUT2D eigenvalue weighted by Gasteiger charge is -2.48. The van der Waals surface area contributed by atoms with E-state index < -0.39 is 79.2 Å². The molecule has 1 aliphatic carbocycles. The zero-order valence-electron chi connectivity index (χ0n) is 25.2. The first-order chi connectivity index (χ1) is 22.0. The van der Waals surface area contributed by atoms with Crippen LogP contribution in [0, 0.1) is 0 Å². The van der Waals surface area contributed by atoms with Crippen molar-refractivity contribution in [1.82, 2.24) is 15.5 Å². The molecule has 0 unspecified atom stereocenters. The van der Waals surface area contributed by atoms with Crippen LogP contribution in [0.1, 0.15) is 37.8 Å². The molecule has 3 N–H and O–H groups in total. The summed E-state index contributed by atoms with van der Waals surface area (Å²) in [6.07, 6.45) is -5.97. The van der Waals surface area contributed by atoms with Crippen molar-refractivity contribution in [3.8, 4) is 11.1 Å². The minimum Gasteiger partial charge on any atom is -0.480 e. The molecule has 2 heterocycles. The number of hydrogen-bond acceptors (Lipinski definition) is 11. The zero-order chi connectivity index (χ0) is 33.1. The number of piperidine rings is 1. The van der Waals surface area contributed by atoms with Gasteiger partial charge >= 0.3 is 30.1 Å². The summed E-state index contributed by atoms with van der Waals surface area (Å²) in [6, 6.07) is 11.5. The Kier molecular flexibility index (Phi) is 9.41. The molecule has 3 aliphatic rings. The van der Waals surface area contributed by atoms with E-state index in [1.165, 1.54) is 0 Å². The van der Waals surface area contributed by atoms with Crippen molar-refractivity contribution in [3.63, 3.8) is 0 Å². The number of benzene rings is 2.